The van der Waals surface area contributed by atoms with Gasteiger partial charge >= 0.3 is 0 Å². The monoisotopic (exact) mass is 173 g/mol. The number of alkyl halides is 1. The lowest BCUT2D eigenvalue weighted by Gasteiger charge is -2.26. The van der Waals surface area contributed by atoms with Crippen LogP contribution in [0.5, 0.6) is 0 Å². The molecule has 0 spiro atoms. The van der Waals surface area contributed by atoms with Gasteiger partial charge in [0.1, 0.15) is 6.17 Å². The molecule has 0 aromatic rings. The van der Waals surface area contributed by atoms with Gasteiger partial charge < -0.3 is 5.73 Å². The molecule has 0 heterocycles. The van der Waals surface area contributed by atoms with Crippen LogP contribution in [0.2, 0.25) is 0 Å². The number of halogens is 1. The summed E-state index contributed by atoms with van der Waals surface area (Å²) in [7, 11) is 0. The van der Waals surface area contributed by atoms with Gasteiger partial charge in [0.05, 0.1) is 0 Å². The molecule has 1 aliphatic rings. The second kappa shape index (κ2) is 4.80. The Bertz CT molecular complexity index is 125. The molecule has 3 unspecified atom stereocenters. The van der Waals surface area contributed by atoms with Crippen LogP contribution in [0, 0.1) is 5.92 Å². The van der Waals surface area contributed by atoms with Crippen molar-refractivity contribution in [2.24, 2.45) is 11.7 Å². The van der Waals surface area contributed by atoms with E-state index in [2.05, 4.69) is 0 Å². The molecule has 1 saturated carbocycles. The molecule has 2 heteroatoms. The molecule has 0 radical (unpaired) electrons. The van der Waals surface area contributed by atoms with Crippen molar-refractivity contribution in [2.45, 2.75) is 57.7 Å². The van der Waals surface area contributed by atoms with Crippen molar-refractivity contribution < 1.29 is 4.39 Å². The highest BCUT2D eigenvalue weighted by Gasteiger charge is 2.24. The zero-order valence-corrected chi connectivity index (χ0v) is 7.93. The average molecular weight is 173 g/mol. The Balaban J connectivity index is 2.20. The maximum atomic E-state index is 13.3. The second-order valence-corrected chi connectivity index (χ2v) is 4.12. The van der Waals surface area contributed by atoms with E-state index in [4.69, 9.17) is 5.73 Å². The molecule has 0 aromatic carbocycles. The summed E-state index contributed by atoms with van der Waals surface area (Å²) in [6.45, 7) is 2.00. The summed E-state index contributed by atoms with van der Waals surface area (Å²) >= 11 is 0. The Hall–Kier alpha value is -0.110. The van der Waals surface area contributed by atoms with Crippen molar-refractivity contribution in [3.8, 4) is 0 Å². The number of rotatable bonds is 3. The summed E-state index contributed by atoms with van der Waals surface area (Å²) in [4.78, 5) is 0. The third-order valence-corrected chi connectivity index (χ3v) is 2.81. The Morgan fingerprint density at radius 3 is 2.67 bits per heavy atom. The molecule has 72 valence electrons. The highest BCUT2D eigenvalue weighted by atomic mass is 19.1. The van der Waals surface area contributed by atoms with Crippen LogP contribution >= 0.6 is 0 Å². The first-order chi connectivity index (χ1) is 5.70. The van der Waals surface area contributed by atoms with Gasteiger partial charge in [-0.15, -0.1) is 0 Å². The molecule has 1 nitrogen and oxygen atoms in total. The molecule has 3 atom stereocenters. The molecule has 0 aromatic heterocycles. The molecular formula is C10H20FN. The summed E-state index contributed by atoms with van der Waals surface area (Å²) in [5, 5.41) is 0. The maximum absolute atomic E-state index is 13.3. The van der Waals surface area contributed by atoms with Crippen LogP contribution in [0.3, 0.4) is 0 Å². The summed E-state index contributed by atoms with van der Waals surface area (Å²) in [5.74, 6) is 0.310. The average Bonchev–Trinajstić information content (AvgIpc) is 2.03. The standard InChI is InChI=1S/C10H20FN/c1-8(12)6-7-9-4-2-3-5-10(9)11/h8-10H,2-7,12H2,1H3. The van der Waals surface area contributed by atoms with Gasteiger partial charge in [-0.2, -0.15) is 0 Å². The van der Waals surface area contributed by atoms with Gasteiger partial charge in [-0.25, -0.2) is 4.39 Å². The van der Waals surface area contributed by atoms with Crippen LogP contribution in [0.1, 0.15) is 45.4 Å². The molecule has 0 saturated heterocycles. The lowest BCUT2D eigenvalue weighted by Crippen LogP contribution is -2.23. The smallest absolute Gasteiger partial charge is 0.103 e. The van der Waals surface area contributed by atoms with Crippen LogP contribution in [-0.2, 0) is 0 Å². The number of hydrogen-bond acceptors (Lipinski definition) is 1. The van der Waals surface area contributed by atoms with Gasteiger partial charge in [-0.1, -0.05) is 12.8 Å². The van der Waals surface area contributed by atoms with E-state index in [1.54, 1.807) is 0 Å². The maximum Gasteiger partial charge on any atom is 0.103 e. The van der Waals surface area contributed by atoms with E-state index < -0.39 is 6.17 Å². The predicted octanol–water partition coefficient (Wildman–Crippen LogP) is 2.64. The topological polar surface area (TPSA) is 26.0 Å². The van der Waals surface area contributed by atoms with E-state index in [1.165, 1.54) is 6.42 Å². The number of nitrogens with two attached hydrogens (primary N) is 1. The lowest BCUT2D eigenvalue weighted by atomic mass is 9.84. The predicted molar refractivity (Wildman–Crippen MR) is 49.7 cm³/mol. The fourth-order valence-corrected chi connectivity index (χ4v) is 1.96. The fourth-order valence-electron chi connectivity index (χ4n) is 1.96. The fraction of sp³-hybridized carbons (Fsp3) is 1.00. The van der Waals surface area contributed by atoms with Gasteiger partial charge in [0, 0.05) is 6.04 Å². The van der Waals surface area contributed by atoms with Crippen LogP contribution in [0.4, 0.5) is 4.39 Å². The van der Waals surface area contributed by atoms with E-state index in [1.807, 2.05) is 6.92 Å². The lowest BCUT2D eigenvalue weighted by molar-refractivity contribution is 0.154. The van der Waals surface area contributed by atoms with Crippen LogP contribution in [-0.4, -0.2) is 12.2 Å². The summed E-state index contributed by atoms with van der Waals surface area (Å²) in [6.07, 6.45) is 5.57. The Kier molecular flexibility index (Phi) is 3.99. The quantitative estimate of drug-likeness (QED) is 0.697. The van der Waals surface area contributed by atoms with Crippen molar-refractivity contribution in [3.05, 3.63) is 0 Å². The van der Waals surface area contributed by atoms with Gasteiger partial charge in [-0.3, -0.25) is 0 Å². The summed E-state index contributed by atoms with van der Waals surface area (Å²) in [5.41, 5.74) is 5.63. The minimum Gasteiger partial charge on any atom is -0.328 e. The molecular weight excluding hydrogens is 153 g/mol. The highest BCUT2D eigenvalue weighted by Crippen LogP contribution is 2.30. The van der Waals surface area contributed by atoms with E-state index in [0.717, 1.165) is 32.1 Å². The van der Waals surface area contributed by atoms with Crippen molar-refractivity contribution >= 4 is 0 Å². The van der Waals surface area contributed by atoms with Gasteiger partial charge in [-0.05, 0) is 38.5 Å². The Morgan fingerprint density at radius 1 is 1.42 bits per heavy atom. The van der Waals surface area contributed by atoms with Gasteiger partial charge in [0.15, 0.2) is 0 Å². The van der Waals surface area contributed by atoms with Crippen LogP contribution in [0.15, 0.2) is 0 Å². The first-order valence-electron chi connectivity index (χ1n) is 5.10. The number of hydrogen-bond donors (Lipinski definition) is 1. The Labute approximate surface area is 74.5 Å². The minimum absolute atomic E-state index is 0.235. The second-order valence-electron chi connectivity index (χ2n) is 4.12. The zero-order chi connectivity index (χ0) is 8.97. The van der Waals surface area contributed by atoms with Crippen molar-refractivity contribution in [1.82, 2.24) is 0 Å². The highest BCUT2D eigenvalue weighted by molar-refractivity contribution is 4.75. The third-order valence-electron chi connectivity index (χ3n) is 2.81. The van der Waals surface area contributed by atoms with E-state index in [-0.39, 0.29) is 6.04 Å². The summed E-state index contributed by atoms with van der Waals surface area (Å²) in [6, 6.07) is 0.235. The minimum atomic E-state index is -0.544. The molecule has 1 aliphatic carbocycles. The van der Waals surface area contributed by atoms with Crippen molar-refractivity contribution in [1.29, 1.82) is 0 Å². The first kappa shape index (κ1) is 9.97. The van der Waals surface area contributed by atoms with Crippen molar-refractivity contribution in [3.63, 3.8) is 0 Å². The molecule has 0 amide bonds. The molecule has 2 N–H and O–H groups in total. The van der Waals surface area contributed by atoms with E-state index in [0.29, 0.717) is 5.92 Å². The van der Waals surface area contributed by atoms with Gasteiger partial charge in [0.2, 0.25) is 0 Å². The van der Waals surface area contributed by atoms with Crippen LogP contribution in [0.25, 0.3) is 0 Å². The normalized spacial score (nSPS) is 33.2. The SMILES string of the molecule is CC(N)CCC1CCCCC1F. The van der Waals surface area contributed by atoms with E-state index >= 15 is 0 Å². The zero-order valence-electron chi connectivity index (χ0n) is 7.93. The van der Waals surface area contributed by atoms with Gasteiger partial charge in [0.25, 0.3) is 0 Å². The third kappa shape index (κ3) is 3.10. The molecule has 0 bridgehead atoms. The molecule has 1 rings (SSSR count). The molecule has 12 heavy (non-hydrogen) atoms. The van der Waals surface area contributed by atoms with Crippen LogP contribution < -0.4 is 5.73 Å². The van der Waals surface area contributed by atoms with E-state index in [9.17, 15) is 4.39 Å². The largest absolute Gasteiger partial charge is 0.328 e. The Morgan fingerprint density at radius 2 is 2.08 bits per heavy atom. The first-order valence-corrected chi connectivity index (χ1v) is 5.10. The molecule has 1 fully saturated rings. The molecule has 0 aliphatic heterocycles. The summed E-state index contributed by atoms with van der Waals surface area (Å²) < 4.78 is 13.3. The van der Waals surface area contributed by atoms with Crippen molar-refractivity contribution in [2.75, 3.05) is 0 Å².